The molecule has 1 N–H and O–H groups in total. The summed E-state index contributed by atoms with van der Waals surface area (Å²) in [6.45, 7) is 1.60. The van der Waals surface area contributed by atoms with Crippen molar-refractivity contribution < 1.29 is 13.0 Å². The van der Waals surface area contributed by atoms with Crippen LogP contribution in [0.15, 0.2) is 5.16 Å². The Bertz CT molecular complexity index is 327. The lowest BCUT2D eigenvalue weighted by Gasteiger charge is -1.82. The van der Waals surface area contributed by atoms with Gasteiger partial charge in [-0.05, 0) is 18.5 Å². The molecule has 7 heteroatoms. The van der Waals surface area contributed by atoms with Crippen molar-refractivity contribution in [1.29, 1.82) is 0 Å². The Morgan fingerprint density at radius 2 is 2.20 bits per heavy atom. The number of aromatic nitrogens is 2. The van der Waals surface area contributed by atoms with Crippen molar-refractivity contribution in [2.24, 2.45) is 0 Å². The molecule has 0 unspecified atom stereocenters. The van der Waals surface area contributed by atoms with Gasteiger partial charge in [0.05, 0.1) is 0 Å². The summed E-state index contributed by atoms with van der Waals surface area (Å²) in [7, 11) is -4.19. The van der Waals surface area contributed by atoms with Crippen LogP contribution in [0.5, 0.6) is 0 Å². The summed E-state index contributed by atoms with van der Waals surface area (Å²) >= 11 is 0.931. The molecule has 0 saturated heterocycles. The maximum Gasteiger partial charge on any atom is 0.331 e. The zero-order valence-corrected chi connectivity index (χ0v) is 6.61. The van der Waals surface area contributed by atoms with Gasteiger partial charge in [-0.1, -0.05) is 0 Å². The highest BCUT2D eigenvalue weighted by molar-refractivity contribution is 7.85. The Kier molecular flexibility index (Phi) is 1.71. The zero-order chi connectivity index (χ0) is 7.78. The van der Waals surface area contributed by atoms with Gasteiger partial charge in [0.2, 0.25) is 0 Å². The minimum atomic E-state index is -4.19. The van der Waals surface area contributed by atoms with Crippen molar-refractivity contribution in [3.05, 3.63) is 5.01 Å². The molecule has 0 spiro atoms. The molecule has 1 aromatic heterocycles. The first kappa shape index (κ1) is 7.58. The van der Waals surface area contributed by atoms with Gasteiger partial charge in [-0.3, -0.25) is 4.55 Å². The largest absolute Gasteiger partial charge is 0.331 e. The van der Waals surface area contributed by atoms with E-state index in [1.165, 1.54) is 0 Å². The summed E-state index contributed by atoms with van der Waals surface area (Å²) in [5.74, 6) is 0. The van der Waals surface area contributed by atoms with E-state index < -0.39 is 15.3 Å². The Morgan fingerprint density at radius 3 is 2.40 bits per heavy atom. The van der Waals surface area contributed by atoms with E-state index in [1.807, 2.05) is 0 Å². The topological polar surface area (TPSA) is 80.2 Å². The van der Waals surface area contributed by atoms with E-state index in [9.17, 15) is 8.42 Å². The Balaban J connectivity index is 3.21. The second kappa shape index (κ2) is 2.26. The summed E-state index contributed by atoms with van der Waals surface area (Å²) in [4.78, 5) is 3.45. The summed E-state index contributed by atoms with van der Waals surface area (Å²) < 4.78 is 32.3. The van der Waals surface area contributed by atoms with Crippen LogP contribution < -0.4 is 0 Å². The van der Waals surface area contributed by atoms with Gasteiger partial charge in [-0.2, -0.15) is 12.8 Å². The molecule has 5 nitrogen and oxygen atoms in total. The number of hydrogen-bond acceptors (Lipinski definition) is 5. The fourth-order valence-electron chi connectivity index (χ4n) is 0.385. The van der Waals surface area contributed by atoms with Crippen molar-refractivity contribution in [1.82, 2.24) is 9.36 Å². The number of rotatable bonds is 1. The lowest BCUT2D eigenvalue weighted by molar-refractivity contribution is 0.476. The van der Waals surface area contributed by atoms with E-state index in [-0.39, 0.29) is 0 Å². The van der Waals surface area contributed by atoms with Crippen LogP contribution in [0.25, 0.3) is 0 Å². The molecule has 56 valence electrons. The molecule has 0 atom stereocenters. The van der Waals surface area contributed by atoms with Crippen LogP contribution in [0, 0.1) is 6.92 Å². The van der Waals surface area contributed by atoms with Gasteiger partial charge in [0.25, 0.3) is 5.16 Å². The molecule has 0 aliphatic carbocycles. The highest BCUT2D eigenvalue weighted by Gasteiger charge is 2.14. The molecule has 0 radical (unpaired) electrons. The average molecular weight is 180 g/mol. The van der Waals surface area contributed by atoms with Gasteiger partial charge in [-0.15, -0.1) is 0 Å². The Morgan fingerprint density at radius 1 is 1.60 bits per heavy atom. The van der Waals surface area contributed by atoms with Crippen LogP contribution in [-0.4, -0.2) is 22.3 Å². The molecule has 0 bridgehead atoms. The van der Waals surface area contributed by atoms with E-state index in [2.05, 4.69) is 9.36 Å². The van der Waals surface area contributed by atoms with Crippen molar-refractivity contribution in [2.45, 2.75) is 12.1 Å². The molecule has 1 heterocycles. The highest BCUT2D eigenvalue weighted by Crippen LogP contribution is 2.06. The normalized spacial score (nSPS) is 11.8. The molecule has 0 aliphatic heterocycles. The van der Waals surface area contributed by atoms with Crippen molar-refractivity contribution in [3.63, 3.8) is 0 Å². The molecule has 1 aromatic rings. The summed E-state index contributed by atoms with van der Waals surface area (Å²) in [6.07, 6.45) is 0. The third-order valence-electron chi connectivity index (χ3n) is 0.740. The third-order valence-corrected chi connectivity index (χ3v) is 2.12. The van der Waals surface area contributed by atoms with E-state index in [1.54, 1.807) is 6.92 Å². The van der Waals surface area contributed by atoms with E-state index in [0.29, 0.717) is 5.01 Å². The smallest absolute Gasteiger partial charge is 0.279 e. The molecule has 1 rings (SSSR count). The zero-order valence-electron chi connectivity index (χ0n) is 4.97. The first-order valence-corrected chi connectivity index (χ1v) is 4.49. The minimum Gasteiger partial charge on any atom is -0.279 e. The molecule has 10 heavy (non-hydrogen) atoms. The maximum absolute atomic E-state index is 10.3. The predicted octanol–water partition coefficient (Wildman–Crippen LogP) is 0.0932. The first-order chi connectivity index (χ1) is 4.50. The monoisotopic (exact) mass is 180 g/mol. The fourth-order valence-corrected chi connectivity index (χ4v) is 1.56. The second-order valence-corrected chi connectivity index (χ2v) is 3.84. The number of aryl methyl sites for hydroxylation is 1. The Labute approximate surface area is 61.6 Å². The van der Waals surface area contributed by atoms with Crippen LogP contribution in [-0.2, 0) is 10.1 Å². The minimum absolute atomic E-state index is 0.507. The molecular formula is C3H4N2O3S2. The van der Waals surface area contributed by atoms with Crippen LogP contribution in [0.3, 0.4) is 0 Å². The lowest BCUT2D eigenvalue weighted by Crippen LogP contribution is -1.99. The van der Waals surface area contributed by atoms with Gasteiger partial charge in [0.15, 0.2) is 0 Å². The SMILES string of the molecule is Cc1nc(S(=O)(=O)O)ns1. The van der Waals surface area contributed by atoms with Gasteiger partial charge >= 0.3 is 10.1 Å². The summed E-state index contributed by atoms with van der Waals surface area (Å²) in [5.41, 5.74) is 0. The Hall–Kier alpha value is -0.530. The van der Waals surface area contributed by atoms with Crippen LogP contribution >= 0.6 is 11.5 Å². The summed E-state index contributed by atoms with van der Waals surface area (Å²) in [5, 5.41) is -0.0115. The van der Waals surface area contributed by atoms with Crippen LogP contribution in [0.2, 0.25) is 0 Å². The summed E-state index contributed by atoms with van der Waals surface area (Å²) in [6, 6.07) is 0. The lowest BCUT2D eigenvalue weighted by atomic mass is 10.8. The van der Waals surface area contributed by atoms with Gasteiger partial charge in [0, 0.05) is 0 Å². The van der Waals surface area contributed by atoms with E-state index >= 15 is 0 Å². The van der Waals surface area contributed by atoms with Crippen LogP contribution in [0.4, 0.5) is 0 Å². The quantitative estimate of drug-likeness (QED) is 0.619. The van der Waals surface area contributed by atoms with Gasteiger partial charge in [0.1, 0.15) is 5.01 Å². The second-order valence-electron chi connectivity index (χ2n) is 1.57. The van der Waals surface area contributed by atoms with Crippen molar-refractivity contribution in [2.75, 3.05) is 0 Å². The molecule has 0 aliphatic rings. The maximum atomic E-state index is 10.3. The van der Waals surface area contributed by atoms with Gasteiger partial charge < -0.3 is 0 Å². The predicted molar refractivity (Wildman–Crippen MR) is 34.5 cm³/mol. The van der Waals surface area contributed by atoms with E-state index in [4.69, 9.17) is 4.55 Å². The molecule has 0 fully saturated rings. The average Bonchev–Trinajstić information content (AvgIpc) is 2.11. The highest BCUT2D eigenvalue weighted by atomic mass is 32.2. The number of hydrogen-bond donors (Lipinski definition) is 1. The first-order valence-electron chi connectivity index (χ1n) is 2.28. The van der Waals surface area contributed by atoms with E-state index in [0.717, 1.165) is 11.5 Å². The van der Waals surface area contributed by atoms with Crippen LogP contribution in [0.1, 0.15) is 5.01 Å². The van der Waals surface area contributed by atoms with Crippen molar-refractivity contribution in [3.8, 4) is 0 Å². The van der Waals surface area contributed by atoms with Crippen molar-refractivity contribution >= 4 is 21.7 Å². The standard InChI is InChI=1S/C3H4N2O3S2/c1-2-4-3(5-9-2)10(6,7)8/h1H3,(H,6,7,8). The number of nitrogens with zero attached hydrogens (tertiary/aromatic N) is 2. The fraction of sp³-hybridized carbons (Fsp3) is 0.333. The molecule has 0 amide bonds. The third kappa shape index (κ3) is 1.49. The molecule has 0 saturated carbocycles. The van der Waals surface area contributed by atoms with Gasteiger partial charge in [-0.25, -0.2) is 4.98 Å². The molecular weight excluding hydrogens is 176 g/mol. The molecule has 0 aromatic carbocycles.